The zero-order chi connectivity index (χ0) is 26.6. The molecule has 3 amide bonds. The van der Waals surface area contributed by atoms with Crippen LogP contribution in [0.4, 0.5) is 16.2 Å². The first-order chi connectivity index (χ1) is 18.3. The number of rotatable bonds is 4. The Balaban J connectivity index is 1.28. The Morgan fingerprint density at radius 3 is 2.18 bits per heavy atom. The molecule has 0 unspecified atom stereocenters. The van der Waals surface area contributed by atoms with Crippen LogP contribution in [0.25, 0.3) is 10.8 Å². The lowest BCUT2D eigenvalue weighted by Gasteiger charge is -2.40. The van der Waals surface area contributed by atoms with Gasteiger partial charge in [-0.25, -0.2) is 18.1 Å². The van der Waals surface area contributed by atoms with Crippen molar-refractivity contribution in [3.8, 4) is 0 Å². The summed E-state index contributed by atoms with van der Waals surface area (Å²) in [6.45, 7) is 0.535. The van der Waals surface area contributed by atoms with Gasteiger partial charge in [-0.2, -0.15) is 4.31 Å². The second kappa shape index (κ2) is 9.37. The Morgan fingerprint density at radius 1 is 0.816 bits per heavy atom. The number of fused-ring (bicyclic) bond motifs is 2. The highest BCUT2D eigenvalue weighted by atomic mass is 35.5. The van der Waals surface area contributed by atoms with Crippen molar-refractivity contribution >= 4 is 61.7 Å². The molecule has 11 heteroatoms. The topological polar surface area (TPSA) is 104 Å². The van der Waals surface area contributed by atoms with E-state index in [1.54, 1.807) is 53.4 Å². The van der Waals surface area contributed by atoms with E-state index in [9.17, 15) is 22.8 Å². The SMILES string of the molecule is O=C1CCC(=O)N1c1cccc2c(S(=O)(=O)N3CCC(N4C(=O)OCc5c(Cl)cccc54)CC3)cccc12. The number of halogens is 1. The third kappa shape index (κ3) is 3.95. The van der Waals surface area contributed by atoms with E-state index in [2.05, 4.69) is 0 Å². The molecule has 3 aliphatic heterocycles. The molecule has 3 heterocycles. The van der Waals surface area contributed by atoms with Gasteiger partial charge in [-0.05, 0) is 37.1 Å². The molecule has 2 saturated heterocycles. The molecule has 0 radical (unpaired) electrons. The fraction of sp³-hybridized carbons (Fsp3) is 0.296. The third-order valence-electron chi connectivity index (χ3n) is 7.45. The molecule has 0 atom stereocenters. The van der Waals surface area contributed by atoms with Crippen LogP contribution < -0.4 is 9.80 Å². The van der Waals surface area contributed by atoms with Crippen molar-refractivity contribution in [2.75, 3.05) is 22.9 Å². The lowest BCUT2D eigenvalue weighted by molar-refractivity contribution is -0.121. The minimum atomic E-state index is -3.90. The molecule has 0 saturated carbocycles. The summed E-state index contributed by atoms with van der Waals surface area (Å²) in [5.41, 5.74) is 1.83. The van der Waals surface area contributed by atoms with Crippen molar-refractivity contribution in [1.29, 1.82) is 0 Å². The van der Waals surface area contributed by atoms with E-state index in [0.29, 0.717) is 40.0 Å². The Morgan fingerprint density at radius 2 is 1.45 bits per heavy atom. The molecule has 3 aliphatic rings. The van der Waals surface area contributed by atoms with E-state index in [1.807, 2.05) is 6.07 Å². The number of hydrogen-bond donors (Lipinski definition) is 0. The van der Waals surface area contributed by atoms with Gasteiger partial charge in [-0.3, -0.25) is 14.5 Å². The summed E-state index contributed by atoms with van der Waals surface area (Å²) in [6.07, 6.45) is 0.668. The number of anilines is 2. The first-order valence-corrected chi connectivity index (χ1v) is 14.2. The van der Waals surface area contributed by atoms with Gasteiger partial charge in [0.25, 0.3) is 0 Å². The zero-order valence-electron chi connectivity index (χ0n) is 20.3. The van der Waals surface area contributed by atoms with Gasteiger partial charge >= 0.3 is 6.09 Å². The summed E-state index contributed by atoms with van der Waals surface area (Å²) in [7, 11) is -3.90. The fourth-order valence-electron chi connectivity index (χ4n) is 5.57. The van der Waals surface area contributed by atoms with E-state index in [1.165, 1.54) is 4.31 Å². The van der Waals surface area contributed by atoms with Gasteiger partial charge in [0.05, 0.1) is 16.3 Å². The quantitative estimate of drug-likeness (QED) is 0.442. The number of sulfonamides is 1. The number of carbonyl (C=O) groups excluding carboxylic acids is 3. The second-order valence-electron chi connectivity index (χ2n) is 9.55. The number of amides is 3. The van der Waals surface area contributed by atoms with Gasteiger partial charge in [-0.15, -0.1) is 0 Å². The van der Waals surface area contributed by atoms with Gasteiger partial charge in [0, 0.05) is 53.3 Å². The number of imide groups is 1. The molecule has 196 valence electrons. The van der Waals surface area contributed by atoms with Crippen LogP contribution in [-0.4, -0.2) is 49.8 Å². The molecule has 0 aromatic heterocycles. The average Bonchev–Trinajstić information content (AvgIpc) is 3.25. The molecule has 0 aliphatic carbocycles. The first kappa shape index (κ1) is 24.8. The maximum absolute atomic E-state index is 13.8. The number of piperidine rings is 1. The van der Waals surface area contributed by atoms with Crippen LogP contribution in [0.2, 0.25) is 5.02 Å². The lowest BCUT2D eigenvalue weighted by Crippen LogP contribution is -2.50. The maximum Gasteiger partial charge on any atom is 0.414 e. The van der Waals surface area contributed by atoms with E-state index in [4.69, 9.17) is 16.3 Å². The minimum absolute atomic E-state index is 0.106. The number of hydrogen-bond acceptors (Lipinski definition) is 6. The molecular weight excluding hydrogens is 530 g/mol. The standard InChI is InChI=1S/C27H24ClN3O6S/c28-21-6-3-8-23-20(21)16-37-27(34)30(23)17-12-14-29(15-13-17)38(35,36)24-9-2-4-18-19(24)5-1-7-22(18)31-25(32)10-11-26(31)33/h1-9,17H,10-16H2. The van der Waals surface area contributed by atoms with Gasteiger partial charge in [-0.1, -0.05) is 41.9 Å². The predicted molar refractivity (Wildman–Crippen MR) is 142 cm³/mol. The molecule has 9 nitrogen and oxygen atoms in total. The van der Waals surface area contributed by atoms with Crippen LogP contribution in [0.15, 0.2) is 59.5 Å². The van der Waals surface area contributed by atoms with E-state index >= 15 is 0 Å². The van der Waals surface area contributed by atoms with E-state index in [0.717, 1.165) is 10.5 Å². The largest absolute Gasteiger partial charge is 0.444 e. The average molecular weight is 554 g/mol. The smallest absolute Gasteiger partial charge is 0.414 e. The monoisotopic (exact) mass is 553 g/mol. The highest BCUT2D eigenvalue weighted by Crippen LogP contribution is 2.38. The molecule has 6 rings (SSSR count). The highest BCUT2D eigenvalue weighted by molar-refractivity contribution is 7.89. The number of carbonyl (C=O) groups is 3. The minimum Gasteiger partial charge on any atom is -0.444 e. The van der Waals surface area contributed by atoms with Crippen LogP contribution in [-0.2, 0) is 31.0 Å². The predicted octanol–water partition coefficient (Wildman–Crippen LogP) is 4.46. The van der Waals surface area contributed by atoms with Crippen molar-refractivity contribution in [2.24, 2.45) is 0 Å². The normalized spacial score (nSPS) is 19.2. The summed E-state index contributed by atoms with van der Waals surface area (Å²) in [4.78, 5) is 40.3. The van der Waals surface area contributed by atoms with Crippen molar-refractivity contribution in [2.45, 2.75) is 43.2 Å². The van der Waals surface area contributed by atoms with Crippen LogP contribution >= 0.6 is 11.6 Å². The third-order valence-corrected chi connectivity index (χ3v) is 9.76. The van der Waals surface area contributed by atoms with Gasteiger partial charge in [0.2, 0.25) is 21.8 Å². The Bertz CT molecular complexity index is 1580. The molecule has 0 bridgehead atoms. The molecule has 0 spiro atoms. The molecule has 0 N–H and O–H groups in total. The van der Waals surface area contributed by atoms with Crippen LogP contribution in [0.5, 0.6) is 0 Å². The van der Waals surface area contributed by atoms with Gasteiger partial charge in [0.1, 0.15) is 6.61 Å². The summed E-state index contributed by atoms with van der Waals surface area (Å²) < 4.78 is 34.4. The van der Waals surface area contributed by atoms with Gasteiger partial charge < -0.3 is 4.74 Å². The first-order valence-electron chi connectivity index (χ1n) is 12.4. The van der Waals surface area contributed by atoms with Crippen LogP contribution in [0.3, 0.4) is 0 Å². The Kier molecular flexibility index (Phi) is 6.13. The van der Waals surface area contributed by atoms with Crippen molar-refractivity contribution < 1.29 is 27.5 Å². The summed E-state index contributed by atoms with van der Waals surface area (Å²) in [6, 6.07) is 15.0. The number of benzene rings is 3. The number of nitrogens with zero attached hydrogens (tertiary/aromatic N) is 3. The van der Waals surface area contributed by atoms with E-state index in [-0.39, 0.29) is 55.3 Å². The van der Waals surface area contributed by atoms with Gasteiger partial charge in [0.15, 0.2) is 0 Å². The highest BCUT2D eigenvalue weighted by Gasteiger charge is 2.38. The maximum atomic E-state index is 13.8. The number of ether oxygens (including phenoxy) is 1. The molecule has 38 heavy (non-hydrogen) atoms. The second-order valence-corrected chi connectivity index (χ2v) is 11.9. The Hall–Kier alpha value is -3.47. The number of cyclic esters (lactones) is 1. The zero-order valence-corrected chi connectivity index (χ0v) is 21.9. The molecule has 3 aromatic rings. The van der Waals surface area contributed by atoms with Crippen molar-refractivity contribution in [3.05, 3.63) is 65.2 Å². The fourth-order valence-corrected chi connectivity index (χ4v) is 7.47. The van der Waals surface area contributed by atoms with Crippen molar-refractivity contribution in [3.63, 3.8) is 0 Å². The lowest BCUT2D eigenvalue weighted by atomic mass is 10.0. The Labute approximate surface area is 224 Å². The summed E-state index contributed by atoms with van der Waals surface area (Å²) in [5, 5.41) is 1.49. The summed E-state index contributed by atoms with van der Waals surface area (Å²) in [5.74, 6) is -0.589. The molecule has 3 aromatic carbocycles. The van der Waals surface area contributed by atoms with Crippen molar-refractivity contribution in [1.82, 2.24) is 4.31 Å². The summed E-state index contributed by atoms with van der Waals surface area (Å²) >= 11 is 6.32. The molecular formula is C27H24ClN3O6S. The van der Waals surface area contributed by atoms with E-state index < -0.39 is 16.1 Å². The van der Waals surface area contributed by atoms with Crippen LogP contribution in [0.1, 0.15) is 31.2 Å². The molecule has 2 fully saturated rings. The van der Waals surface area contributed by atoms with Crippen LogP contribution in [0, 0.1) is 0 Å².